The molecule has 3 aromatic rings. The summed E-state index contributed by atoms with van der Waals surface area (Å²) in [7, 11) is 0. The van der Waals surface area contributed by atoms with Crippen LogP contribution in [0.1, 0.15) is 0 Å². The monoisotopic (exact) mass is 451 g/mol. The summed E-state index contributed by atoms with van der Waals surface area (Å²) in [4.78, 5) is 20.6. The molecule has 33 heavy (non-hydrogen) atoms. The molecule has 0 unspecified atom stereocenters. The Hall–Kier alpha value is -2.92. The van der Waals surface area contributed by atoms with Gasteiger partial charge in [0.1, 0.15) is 12.1 Å². The quantitative estimate of drug-likeness (QED) is 0.519. The number of morpholine rings is 2. The van der Waals surface area contributed by atoms with E-state index in [9.17, 15) is 0 Å². The summed E-state index contributed by atoms with van der Waals surface area (Å²) in [6, 6.07) is 5.79. The number of anilines is 1. The van der Waals surface area contributed by atoms with E-state index < -0.39 is 0 Å². The van der Waals surface area contributed by atoms with Gasteiger partial charge in [0.2, 0.25) is 5.88 Å². The van der Waals surface area contributed by atoms with Gasteiger partial charge in [0.05, 0.1) is 37.1 Å². The molecule has 0 spiro atoms. The van der Waals surface area contributed by atoms with E-state index in [0.29, 0.717) is 31.5 Å². The van der Waals surface area contributed by atoms with E-state index in [1.54, 1.807) is 18.6 Å². The molecule has 174 valence electrons. The number of hydrogen-bond acceptors (Lipinski definition) is 10. The third-order valence-electron chi connectivity index (χ3n) is 5.75. The van der Waals surface area contributed by atoms with Crippen LogP contribution in [0.5, 0.6) is 5.88 Å². The van der Waals surface area contributed by atoms with E-state index in [1.165, 1.54) is 0 Å². The number of nitrogens with zero attached hydrogens (tertiary/aromatic N) is 5. The van der Waals surface area contributed by atoms with E-state index in [4.69, 9.17) is 19.2 Å². The number of aromatic nitrogens is 4. The lowest BCUT2D eigenvalue weighted by molar-refractivity contribution is 0.0320. The average molecular weight is 452 g/mol. The third kappa shape index (κ3) is 5.72. The molecule has 2 fully saturated rings. The molecule has 2 aliphatic rings. The third-order valence-corrected chi connectivity index (χ3v) is 5.75. The highest BCUT2D eigenvalue weighted by atomic mass is 16.5. The average Bonchev–Trinajstić information content (AvgIpc) is 2.89. The number of fused-ring (bicyclic) bond motifs is 1. The van der Waals surface area contributed by atoms with Gasteiger partial charge in [-0.3, -0.25) is 9.88 Å². The summed E-state index contributed by atoms with van der Waals surface area (Å²) in [6.07, 6.45) is 5.24. The van der Waals surface area contributed by atoms with Crippen molar-refractivity contribution in [2.24, 2.45) is 0 Å². The minimum atomic E-state index is 0.0893. The van der Waals surface area contributed by atoms with Gasteiger partial charge < -0.3 is 24.8 Å². The molecule has 0 saturated carbocycles. The van der Waals surface area contributed by atoms with Crippen molar-refractivity contribution in [1.82, 2.24) is 30.2 Å². The Balaban J connectivity index is 1.27. The van der Waals surface area contributed by atoms with Gasteiger partial charge in [-0.1, -0.05) is 0 Å². The number of ether oxygens (including phenoxy) is 3. The summed E-state index contributed by atoms with van der Waals surface area (Å²) < 4.78 is 17.0. The molecule has 3 aromatic heterocycles. The molecule has 10 heteroatoms. The van der Waals surface area contributed by atoms with E-state index in [0.717, 1.165) is 68.2 Å². The van der Waals surface area contributed by atoms with E-state index >= 15 is 0 Å². The van der Waals surface area contributed by atoms with Crippen molar-refractivity contribution in [3.63, 3.8) is 0 Å². The van der Waals surface area contributed by atoms with Crippen molar-refractivity contribution < 1.29 is 14.2 Å². The Morgan fingerprint density at radius 1 is 1.12 bits per heavy atom. The molecule has 5 rings (SSSR count). The number of rotatable bonds is 8. The first-order valence-electron chi connectivity index (χ1n) is 11.4. The Morgan fingerprint density at radius 3 is 2.85 bits per heavy atom. The number of pyridine rings is 2. The minimum absolute atomic E-state index is 0.0893. The molecular weight excluding hydrogens is 422 g/mol. The molecule has 0 bridgehead atoms. The van der Waals surface area contributed by atoms with Crippen molar-refractivity contribution in [3.05, 3.63) is 36.8 Å². The second-order valence-electron chi connectivity index (χ2n) is 8.05. The van der Waals surface area contributed by atoms with Crippen LogP contribution in [0.25, 0.3) is 22.3 Å². The fourth-order valence-electron chi connectivity index (χ4n) is 3.93. The largest absolute Gasteiger partial charge is 0.476 e. The van der Waals surface area contributed by atoms with Gasteiger partial charge in [0.25, 0.3) is 0 Å². The van der Waals surface area contributed by atoms with E-state index in [2.05, 4.69) is 30.5 Å². The van der Waals surface area contributed by atoms with Crippen molar-refractivity contribution >= 4 is 16.9 Å². The van der Waals surface area contributed by atoms with Crippen molar-refractivity contribution in [2.45, 2.75) is 6.10 Å². The topological polar surface area (TPSA) is 107 Å². The highest BCUT2D eigenvalue weighted by Gasteiger charge is 2.16. The summed E-state index contributed by atoms with van der Waals surface area (Å²) >= 11 is 0. The molecular formula is C23H29N7O3. The van der Waals surface area contributed by atoms with Crippen molar-refractivity contribution in [2.75, 3.05) is 71.0 Å². The molecule has 5 heterocycles. The molecule has 0 amide bonds. The van der Waals surface area contributed by atoms with E-state index in [-0.39, 0.29) is 6.10 Å². The maximum absolute atomic E-state index is 5.83. The number of nitrogens with one attached hydrogen (secondary N) is 2. The van der Waals surface area contributed by atoms with Crippen LogP contribution < -0.4 is 15.4 Å². The normalized spacial score (nSPS) is 19.5. The fourth-order valence-corrected chi connectivity index (χ4v) is 3.93. The zero-order valence-corrected chi connectivity index (χ0v) is 18.6. The van der Waals surface area contributed by atoms with Crippen LogP contribution in [0.15, 0.2) is 36.8 Å². The first-order valence-corrected chi connectivity index (χ1v) is 11.4. The molecule has 0 radical (unpaired) electrons. The summed E-state index contributed by atoms with van der Waals surface area (Å²) in [6.45, 7) is 8.00. The van der Waals surface area contributed by atoms with Crippen LogP contribution in [0, 0.1) is 0 Å². The van der Waals surface area contributed by atoms with Gasteiger partial charge >= 0.3 is 0 Å². The predicted octanol–water partition coefficient (Wildman–Crippen LogP) is 1.20. The van der Waals surface area contributed by atoms with Gasteiger partial charge in [-0.2, -0.15) is 0 Å². The molecule has 2 aliphatic heterocycles. The maximum atomic E-state index is 5.83. The SMILES string of the molecule is c1cnc2c(NC[C@@H]3CNCCO3)nc(-c3ccc(OCCN4CCOCC4)nc3)cc2n1. The molecule has 1 atom stereocenters. The number of hydrogen-bond donors (Lipinski definition) is 2. The highest BCUT2D eigenvalue weighted by Crippen LogP contribution is 2.26. The van der Waals surface area contributed by atoms with Crippen LogP contribution >= 0.6 is 0 Å². The lowest BCUT2D eigenvalue weighted by atomic mass is 10.1. The summed E-state index contributed by atoms with van der Waals surface area (Å²) in [5.41, 5.74) is 3.18. The van der Waals surface area contributed by atoms with Crippen LogP contribution in [-0.2, 0) is 9.47 Å². The zero-order valence-electron chi connectivity index (χ0n) is 18.6. The van der Waals surface area contributed by atoms with Gasteiger partial charge in [-0.05, 0) is 12.1 Å². The van der Waals surface area contributed by atoms with Crippen LogP contribution in [0.4, 0.5) is 5.82 Å². The first kappa shape index (κ1) is 21.9. The second-order valence-corrected chi connectivity index (χ2v) is 8.05. The van der Waals surface area contributed by atoms with Crippen LogP contribution in [-0.4, -0.2) is 96.6 Å². The lowest BCUT2D eigenvalue weighted by Gasteiger charge is -2.26. The Kier molecular flexibility index (Phi) is 7.17. The molecule has 10 nitrogen and oxygen atoms in total. The highest BCUT2D eigenvalue weighted by molar-refractivity contribution is 5.88. The molecule has 0 aliphatic carbocycles. The van der Waals surface area contributed by atoms with Crippen molar-refractivity contribution in [3.8, 4) is 17.1 Å². The van der Waals surface area contributed by atoms with Gasteiger partial charge in [0.15, 0.2) is 5.82 Å². The van der Waals surface area contributed by atoms with E-state index in [1.807, 2.05) is 18.2 Å². The maximum Gasteiger partial charge on any atom is 0.213 e. The van der Waals surface area contributed by atoms with Gasteiger partial charge in [0, 0.05) is 69.5 Å². The van der Waals surface area contributed by atoms with Crippen LogP contribution in [0.3, 0.4) is 0 Å². The van der Waals surface area contributed by atoms with Crippen LogP contribution in [0.2, 0.25) is 0 Å². The second kappa shape index (κ2) is 10.8. The zero-order chi connectivity index (χ0) is 22.3. The van der Waals surface area contributed by atoms with Gasteiger partial charge in [-0.25, -0.2) is 15.0 Å². The van der Waals surface area contributed by atoms with Crippen molar-refractivity contribution in [1.29, 1.82) is 0 Å². The predicted molar refractivity (Wildman–Crippen MR) is 124 cm³/mol. The lowest BCUT2D eigenvalue weighted by Crippen LogP contribution is -2.42. The fraction of sp³-hybridized carbons (Fsp3) is 0.478. The molecule has 2 saturated heterocycles. The summed E-state index contributed by atoms with van der Waals surface area (Å²) in [5.74, 6) is 1.29. The Labute approximate surface area is 192 Å². The Bertz CT molecular complexity index is 1040. The smallest absolute Gasteiger partial charge is 0.213 e. The molecule has 2 N–H and O–H groups in total. The Morgan fingerprint density at radius 2 is 2.03 bits per heavy atom. The first-order chi connectivity index (χ1) is 16.3. The standard InChI is InChI=1S/C23H29N7O3/c1-2-21(33-12-8-30-6-10-31-11-7-30)27-14-17(1)19-13-20-22(26-4-3-25-20)23(29-19)28-16-18-15-24-5-9-32-18/h1-4,13-14,18,24H,5-12,15-16H2,(H,28,29)/t18-/m0/s1. The van der Waals surface area contributed by atoms with Gasteiger partial charge in [-0.15, -0.1) is 0 Å². The molecule has 0 aromatic carbocycles. The minimum Gasteiger partial charge on any atom is -0.476 e. The summed E-state index contributed by atoms with van der Waals surface area (Å²) in [5, 5.41) is 6.74.